The Morgan fingerprint density at radius 1 is 1.15 bits per heavy atom. The standard InChI is InChI=1S/C24H33N5O4.ClH/c1-7-32-21-13-19(15(2)3)22-27-28(23(25)29(22)26-21)14-20(31)16-10-17(24(4,5)6)12-18(11-16)33-9-8-30;/h10-13,15,25,30H,7-9,14H2,1-6H3;1H. The molecule has 0 saturated heterocycles. The lowest BCUT2D eigenvalue weighted by Crippen LogP contribution is -2.26. The summed E-state index contributed by atoms with van der Waals surface area (Å²) in [7, 11) is 0. The zero-order valence-corrected chi connectivity index (χ0v) is 21.4. The number of rotatable bonds is 9. The second-order valence-electron chi connectivity index (χ2n) is 9.23. The number of aliphatic hydroxyl groups is 1. The highest BCUT2D eigenvalue weighted by Gasteiger charge is 2.21. The third kappa shape index (κ3) is 5.95. The van der Waals surface area contributed by atoms with Crippen LogP contribution in [0.15, 0.2) is 24.3 Å². The van der Waals surface area contributed by atoms with Crippen LogP contribution in [0.2, 0.25) is 0 Å². The minimum Gasteiger partial charge on any atom is -0.491 e. The molecule has 0 bridgehead atoms. The van der Waals surface area contributed by atoms with E-state index < -0.39 is 0 Å². The maximum atomic E-state index is 13.2. The van der Waals surface area contributed by atoms with Gasteiger partial charge in [0.05, 0.1) is 13.2 Å². The number of ketones is 1. The van der Waals surface area contributed by atoms with Gasteiger partial charge in [-0.25, -0.2) is 4.68 Å². The van der Waals surface area contributed by atoms with E-state index in [2.05, 4.69) is 31.0 Å². The molecule has 0 atom stereocenters. The summed E-state index contributed by atoms with van der Waals surface area (Å²) in [4.78, 5) is 13.2. The number of nitrogens with zero attached hydrogens (tertiary/aromatic N) is 4. The fraction of sp³-hybridized carbons (Fsp3) is 0.500. The van der Waals surface area contributed by atoms with Gasteiger partial charge in [0.1, 0.15) is 18.9 Å². The number of ether oxygens (including phenoxy) is 2. The molecule has 0 saturated carbocycles. The first kappa shape index (κ1) is 27.3. The fourth-order valence-electron chi connectivity index (χ4n) is 3.43. The number of hydrogen-bond acceptors (Lipinski definition) is 7. The Bertz CT molecular complexity index is 1210. The van der Waals surface area contributed by atoms with Crippen molar-refractivity contribution in [2.45, 2.75) is 59.4 Å². The number of Topliss-reactive ketones (excluding diaryl/α,β-unsaturated/α-hetero) is 1. The van der Waals surface area contributed by atoms with E-state index in [4.69, 9.17) is 20.0 Å². The molecule has 0 fully saturated rings. The minimum absolute atomic E-state index is 0. The summed E-state index contributed by atoms with van der Waals surface area (Å²) in [6, 6.07) is 7.23. The Hall–Kier alpha value is -2.91. The number of halogens is 1. The normalized spacial score (nSPS) is 11.5. The summed E-state index contributed by atoms with van der Waals surface area (Å²) in [6.07, 6.45) is 0. The first-order valence-electron chi connectivity index (χ1n) is 11.2. The van der Waals surface area contributed by atoms with Crippen LogP contribution < -0.4 is 15.1 Å². The smallest absolute Gasteiger partial charge is 0.242 e. The third-order valence-corrected chi connectivity index (χ3v) is 5.26. The highest BCUT2D eigenvalue weighted by atomic mass is 35.5. The lowest BCUT2D eigenvalue weighted by molar-refractivity contribution is 0.0965. The van der Waals surface area contributed by atoms with Crippen molar-refractivity contribution in [3.8, 4) is 11.6 Å². The Morgan fingerprint density at radius 3 is 2.44 bits per heavy atom. The molecule has 9 nitrogen and oxygen atoms in total. The van der Waals surface area contributed by atoms with E-state index in [0.717, 1.165) is 11.1 Å². The zero-order valence-electron chi connectivity index (χ0n) is 20.6. The summed E-state index contributed by atoms with van der Waals surface area (Å²) in [5.41, 5.74) is 2.62. The molecule has 0 amide bonds. The molecule has 2 heterocycles. The third-order valence-electron chi connectivity index (χ3n) is 5.26. The molecule has 0 aliphatic heterocycles. The van der Waals surface area contributed by atoms with Crippen LogP contribution in [-0.2, 0) is 12.0 Å². The van der Waals surface area contributed by atoms with Gasteiger partial charge in [0.15, 0.2) is 11.4 Å². The van der Waals surface area contributed by atoms with Gasteiger partial charge >= 0.3 is 0 Å². The molecule has 2 aromatic heterocycles. The van der Waals surface area contributed by atoms with Gasteiger partial charge in [-0.15, -0.1) is 22.6 Å². The summed E-state index contributed by atoms with van der Waals surface area (Å²) < 4.78 is 13.9. The van der Waals surface area contributed by atoms with Crippen molar-refractivity contribution < 1.29 is 19.4 Å². The van der Waals surface area contributed by atoms with Gasteiger partial charge in [0.2, 0.25) is 11.5 Å². The Balaban J connectivity index is 0.00000408. The van der Waals surface area contributed by atoms with Crippen molar-refractivity contribution in [2.75, 3.05) is 19.8 Å². The summed E-state index contributed by atoms with van der Waals surface area (Å²) in [5, 5.41) is 26.6. The minimum atomic E-state index is -0.201. The highest BCUT2D eigenvalue weighted by Crippen LogP contribution is 2.28. The maximum absolute atomic E-state index is 13.2. The average molecular weight is 492 g/mol. The number of carbonyl (C=O) groups excluding carboxylic acids is 1. The van der Waals surface area contributed by atoms with Crippen LogP contribution in [0.25, 0.3) is 5.65 Å². The molecule has 3 aromatic rings. The van der Waals surface area contributed by atoms with Gasteiger partial charge < -0.3 is 14.6 Å². The first-order valence-corrected chi connectivity index (χ1v) is 11.2. The van der Waals surface area contributed by atoms with Crippen LogP contribution in [0, 0.1) is 5.41 Å². The van der Waals surface area contributed by atoms with E-state index in [-0.39, 0.29) is 54.9 Å². The molecule has 0 aliphatic carbocycles. The molecule has 0 unspecified atom stereocenters. The second-order valence-corrected chi connectivity index (χ2v) is 9.23. The van der Waals surface area contributed by atoms with Crippen LogP contribution in [0.4, 0.5) is 0 Å². The number of aromatic nitrogens is 4. The largest absolute Gasteiger partial charge is 0.491 e. The molecule has 0 radical (unpaired) electrons. The van der Waals surface area contributed by atoms with Crippen molar-refractivity contribution in [3.63, 3.8) is 0 Å². The van der Waals surface area contributed by atoms with Crippen molar-refractivity contribution >= 4 is 23.8 Å². The lowest BCUT2D eigenvalue weighted by atomic mass is 9.85. The first-order chi connectivity index (χ1) is 15.5. The van der Waals surface area contributed by atoms with Gasteiger partial charge in [-0.2, -0.15) is 4.52 Å². The molecule has 2 N–H and O–H groups in total. The molecular weight excluding hydrogens is 458 g/mol. The van der Waals surface area contributed by atoms with Gasteiger partial charge in [-0.3, -0.25) is 10.2 Å². The van der Waals surface area contributed by atoms with Crippen molar-refractivity contribution in [1.82, 2.24) is 19.4 Å². The van der Waals surface area contributed by atoms with E-state index in [1.165, 1.54) is 9.20 Å². The molecule has 10 heteroatoms. The van der Waals surface area contributed by atoms with E-state index in [9.17, 15) is 4.79 Å². The number of fused-ring (bicyclic) bond motifs is 1. The topological polar surface area (TPSA) is 115 Å². The average Bonchev–Trinajstić information content (AvgIpc) is 3.06. The van der Waals surface area contributed by atoms with Crippen LogP contribution >= 0.6 is 12.4 Å². The predicted molar refractivity (Wildman–Crippen MR) is 131 cm³/mol. The fourth-order valence-corrected chi connectivity index (χ4v) is 3.43. The summed E-state index contributed by atoms with van der Waals surface area (Å²) in [6.45, 7) is 12.5. The Labute approximate surface area is 205 Å². The Kier molecular flexibility index (Phi) is 8.85. The van der Waals surface area contributed by atoms with Crippen LogP contribution in [0.3, 0.4) is 0 Å². The zero-order chi connectivity index (χ0) is 24.3. The van der Waals surface area contributed by atoms with E-state index >= 15 is 0 Å². The predicted octanol–water partition coefficient (Wildman–Crippen LogP) is 3.51. The number of aliphatic hydroxyl groups excluding tert-OH is 1. The van der Waals surface area contributed by atoms with E-state index in [0.29, 0.717) is 29.4 Å². The second kappa shape index (κ2) is 11.0. The van der Waals surface area contributed by atoms with Crippen molar-refractivity contribution in [1.29, 1.82) is 5.41 Å². The maximum Gasteiger partial charge on any atom is 0.242 e. The van der Waals surface area contributed by atoms with E-state index in [1.807, 2.05) is 39.0 Å². The SMILES string of the molecule is CCOc1cc(C(C)C)c2nn(CC(=O)c3cc(OCCO)cc(C(C)(C)C)c3)c(=N)n2n1.Cl. The van der Waals surface area contributed by atoms with Crippen molar-refractivity contribution in [2.24, 2.45) is 0 Å². The molecule has 1 aromatic carbocycles. The van der Waals surface area contributed by atoms with Crippen LogP contribution in [0.1, 0.15) is 68.9 Å². The summed E-state index contributed by atoms with van der Waals surface area (Å²) in [5.74, 6) is 0.876. The highest BCUT2D eigenvalue weighted by molar-refractivity contribution is 5.96. The van der Waals surface area contributed by atoms with Crippen molar-refractivity contribution in [3.05, 3.63) is 46.6 Å². The number of nitrogens with one attached hydrogen (secondary N) is 1. The van der Waals surface area contributed by atoms with Gasteiger partial charge in [0, 0.05) is 17.2 Å². The number of benzene rings is 1. The number of carbonyl (C=O) groups is 1. The molecule has 34 heavy (non-hydrogen) atoms. The molecule has 0 aliphatic rings. The molecule has 0 spiro atoms. The monoisotopic (exact) mass is 491 g/mol. The number of hydrogen-bond donors (Lipinski definition) is 2. The quantitative estimate of drug-likeness (QED) is 0.443. The molecule has 3 rings (SSSR count). The van der Waals surface area contributed by atoms with Gasteiger partial charge in [-0.1, -0.05) is 34.6 Å². The summed E-state index contributed by atoms with van der Waals surface area (Å²) >= 11 is 0. The van der Waals surface area contributed by atoms with Gasteiger partial charge in [0.25, 0.3) is 0 Å². The van der Waals surface area contributed by atoms with Crippen LogP contribution in [0.5, 0.6) is 11.6 Å². The van der Waals surface area contributed by atoms with Gasteiger partial charge in [-0.05, 0) is 42.0 Å². The Morgan fingerprint density at radius 2 is 1.85 bits per heavy atom. The van der Waals surface area contributed by atoms with Crippen LogP contribution in [-0.4, -0.2) is 50.1 Å². The molecular formula is C24H34ClN5O4. The molecule has 186 valence electrons. The lowest BCUT2D eigenvalue weighted by Gasteiger charge is -2.21. The van der Waals surface area contributed by atoms with E-state index in [1.54, 1.807) is 6.07 Å².